The Balaban J connectivity index is 0.00000444. The maximum Gasteiger partial charge on any atom is 0.295 e. The van der Waals surface area contributed by atoms with Crippen LogP contribution < -0.4 is 43.3 Å². The number of benzene rings is 7. The summed E-state index contributed by atoms with van der Waals surface area (Å²) in [6, 6.07) is 52.0. The van der Waals surface area contributed by atoms with Crippen LogP contribution in [0.25, 0.3) is 54.6 Å². The molecule has 7 aromatic carbocycles. The molecule has 7 heteroatoms. The zero-order valence-electron chi connectivity index (χ0n) is 36.2. The van der Waals surface area contributed by atoms with Gasteiger partial charge in [0.1, 0.15) is 48.5 Å². The largest absolute Gasteiger partial charge is 1.00 e. The van der Waals surface area contributed by atoms with Gasteiger partial charge in [-0.3, -0.25) is 0 Å². The third-order valence-corrected chi connectivity index (χ3v) is 13.4. The molecule has 6 nitrogen and oxygen atoms in total. The van der Waals surface area contributed by atoms with Crippen LogP contribution in [0.5, 0.6) is 0 Å². The van der Waals surface area contributed by atoms with E-state index in [0.717, 1.165) is 12.1 Å². The Morgan fingerprint density at radius 3 is 1.86 bits per heavy atom. The number of nitrogens with one attached hydrogen (secondary N) is 1. The number of anilines is 4. The number of imidazole rings is 2. The summed E-state index contributed by atoms with van der Waals surface area (Å²) in [5.41, 5.74) is 18.6. The molecular formula is C56H48IN6+. The highest BCUT2D eigenvalue weighted by Crippen LogP contribution is 2.50. The lowest BCUT2D eigenvalue weighted by Gasteiger charge is -2.34. The highest BCUT2D eigenvalue weighted by atomic mass is 127. The van der Waals surface area contributed by atoms with Crippen molar-refractivity contribution < 1.29 is 33.5 Å². The van der Waals surface area contributed by atoms with Gasteiger partial charge in [-0.1, -0.05) is 97.1 Å². The number of rotatable bonds is 6. The number of fused-ring (bicyclic) bond motifs is 13. The molecule has 0 saturated heterocycles. The molecule has 0 aliphatic carbocycles. The summed E-state index contributed by atoms with van der Waals surface area (Å²) in [7, 11) is 0. The van der Waals surface area contributed by atoms with E-state index in [1.165, 1.54) is 111 Å². The minimum atomic E-state index is -0.0693. The molecular weight excluding hydrogens is 884 g/mol. The standard InChI is InChI=1S/C56H47N6.HI/c1-35-29-38(4)53-46(32-35)44-21-14-17-40(52(44)55-57-25-26-59(53)55)33-50-61(42-18-7-6-8-19-42)48-23-11-12-24-49(48)62(50)47-22-10-9-16-41(47)34-58-27-28-60-54-39(5)30-36(2)31-45(54)43-20-13-15-37(3)51(43)56(58)60;/h6-32,50H,33-34H2,1-5H3;1H/q+1;/t50-;/m1./s1. The monoisotopic (exact) mass is 931 g/mol. The molecule has 1 atom stereocenters. The van der Waals surface area contributed by atoms with Gasteiger partial charge in [0.05, 0.1) is 27.8 Å². The molecule has 0 saturated carbocycles. The van der Waals surface area contributed by atoms with Crippen LogP contribution in [-0.2, 0) is 13.0 Å². The van der Waals surface area contributed by atoms with Crippen LogP contribution in [0.2, 0.25) is 0 Å². The SMILES string of the molecule is Cc1cc(C)c2c(c1)c1cccc(C[C@@H]3N(c4ccccc4)c4ccccc4N3c3ccccc3C[n+]3ccn4c5c(C)cc(C)cc5c5cccc(C)c5c43)c1c1[nH+]ccn12.[I-]. The zero-order chi connectivity index (χ0) is 41.8. The predicted octanol–water partition coefficient (Wildman–Crippen LogP) is 9.36. The summed E-state index contributed by atoms with van der Waals surface area (Å²) in [6.45, 7) is 11.9. The van der Waals surface area contributed by atoms with Gasteiger partial charge in [0, 0.05) is 39.2 Å². The number of aryl methyl sites for hydroxylation is 5. The van der Waals surface area contributed by atoms with Crippen molar-refractivity contribution in [2.24, 2.45) is 0 Å². The first-order valence-electron chi connectivity index (χ1n) is 21.8. The van der Waals surface area contributed by atoms with Crippen LogP contribution in [0.15, 0.2) is 164 Å². The van der Waals surface area contributed by atoms with Gasteiger partial charge in [0.15, 0.2) is 0 Å². The summed E-state index contributed by atoms with van der Waals surface area (Å²) >= 11 is 0. The number of H-pyrrole nitrogens is 1. The van der Waals surface area contributed by atoms with Gasteiger partial charge in [-0.25, -0.2) is 9.55 Å². The van der Waals surface area contributed by atoms with Crippen molar-refractivity contribution in [3.63, 3.8) is 0 Å². The second-order valence-electron chi connectivity index (χ2n) is 17.5. The van der Waals surface area contributed by atoms with Crippen LogP contribution in [0, 0.1) is 34.6 Å². The molecule has 308 valence electrons. The average Bonchev–Trinajstić information content (AvgIpc) is 4.00. The Kier molecular flexibility index (Phi) is 9.31. The first-order chi connectivity index (χ1) is 30.3. The fourth-order valence-electron chi connectivity index (χ4n) is 11.1. The maximum absolute atomic E-state index is 3.68. The van der Waals surface area contributed by atoms with Crippen molar-refractivity contribution in [2.75, 3.05) is 9.80 Å². The van der Waals surface area contributed by atoms with Crippen molar-refractivity contribution in [3.05, 3.63) is 203 Å². The molecule has 5 heterocycles. The molecule has 63 heavy (non-hydrogen) atoms. The minimum absolute atomic E-state index is 0. The van der Waals surface area contributed by atoms with Crippen LogP contribution in [0.4, 0.5) is 22.7 Å². The number of hydrogen-bond donors (Lipinski definition) is 0. The molecule has 0 amide bonds. The van der Waals surface area contributed by atoms with E-state index in [0.29, 0.717) is 6.54 Å². The highest BCUT2D eigenvalue weighted by Gasteiger charge is 2.39. The lowest BCUT2D eigenvalue weighted by molar-refractivity contribution is -0.661. The van der Waals surface area contributed by atoms with Crippen molar-refractivity contribution in [1.29, 1.82) is 0 Å². The van der Waals surface area contributed by atoms with Gasteiger partial charge in [0.2, 0.25) is 0 Å². The summed E-state index contributed by atoms with van der Waals surface area (Å²) in [5, 5.41) is 7.73. The lowest BCUT2D eigenvalue weighted by atomic mass is 9.96. The van der Waals surface area contributed by atoms with Crippen LogP contribution in [0.1, 0.15) is 38.9 Å². The van der Waals surface area contributed by atoms with E-state index in [-0.39, 0.29) is 30.1 Å². The molecule has 0 fully saturated rings. The second-order valence-corrected chi connectivity index (χ2v) is 17.5. The molecule has 1 aliphatic rings. The topological polar surface area (TPSA) is 33.3 Å². The molecule has 1 aliphatic heterocycles. The number of aromatic amines is 1. The van der Waals surface area contributed by atoms with E-state index >= 15 is 0 Å². The zero-order valence-corrected chi connectivity index (χ0v) is 38.4. The van der Waals surface area contributed by atoms with Gasteiger partial charge in [-0.2, -0.15) is 8.80 Å². The van der Waals surface area contributed by atoms with Crippen molar-refractivity contribution in [1.82, 2.24) is 8.80 Å². The molecule has 12 rings (SSSR count). The van der Waals surface area contributed by atoms with E-state index in [2.05, 4.69) is 227 Å². The number of halogens is 1. The van der Waals surface area contributed by atoms with Crippen LogP contribution in [0.3, 0.4) is 0 Å². The van der Waals surface area contributed by atoms with Gasteiger partial charge >= 0.3 is 0 Å². The fraction of sp³-hybridized carbons (Fsp3) is 0.143. The average molecular weight is 932 g/mol. The summed E-state index contributed by atoms with van der Waals surface area (Å²) in [5.74, 6) is 0. The van der Waals surface area contributed by atoms with Gasteiger partial charge in [-0.15, -0.1) is 0 Å². The molecule has 0 radical (unpaired) electrons. The van der Waals surface area contributed by atoms with Crippen LogP contribution >= 0.6 is 0 Å². The Labute approximate surface area is 384 Å². The van der Waals surface area contributed by atoms with Crippen molar-refractivity contribution in [3.8, 4) is 0 Å². The summed E-state index contributed by atoms with van der Waals surface area (Å²) in [4.78, 5) is 8.86. The second kappa shape index (κ2) is 15.0. The van der Waals surface area contributed by atoms with E-state index < -0.39 is 0 Å². The summed E-state index contributed by atoms with van der Waals surface area (Å²) < 4.78 is 7.26. The third-order valence-electron chi connectivity index (χ3n) is 13.4. The van der Waals surface area contributed by atoms with E-state index in [1.807, 2.05) is 0 Å². The van der Waals surface area contributed by atoms with E-state index in [4.69, 9.17) is 0 Å². The normalized spacial score (nSPS) is 13.9. The Morgan fingerprint density at radius 2 is 1.13 bits per heavy atom. The lowest BCUT2D eigenvalue weighted by Crippen LogP contribution is -3.00. The van der Waals surface area contributed by atoms with E-state index in [1.54, 1.807) is 0 Å². The van der Waals surface area contributed by atoms with Gasteiger partial charge in [0.25, 0.3) is 11.3 Å². The molecule has 4 aromatic heterocycles. The minimum Gasteiger partial charge on any atom is -1.00 e. The molecule has 0 spiro atoms. The molecule has 11 aromatic rings. The molecule has 1 N–H and O–H groups in total. The number of hydrogen-bond acceptors (Lipinski definition) is 2. The van der Waals surface area contributed by atoms with Crippen molar-refractivity contribution in [2.45, 2.75) is 53.8 Å². The quantitative estimate of drug-likeness (QED) is 0.0947. The van der Waals surface area contributed by atoms with Gasteiger partial charge < -0.3 is 33.8 Å². The Hall–Kier alpha value is -6.71. The third kappa shape index (κ3) is 5.96. The molecule has 0 unspecified atom stereocenters. The number of para-hydroxylation sites is 4. The Morgan fingerprint density at radius 1 is 0.524 bits per heavy atom. The van der Waals surface area contributed by atoms with E-state index in [9.17, 15) is 0 Å². The number of pyridine rings is 2. The number of aromatic nitrogens is 4. The first-order valence-corrected chi connectivity index (χ1v) is 21.8. The van der Waals surface area contributed by atoms with Crippen molar-refractivity contribution >= 4 is 77.4 Å². The Bertz CT molecular complexity index is 3620. The molecule has 0 bridgehead atoms. The predicted molar refractivity (Wildman–Crippen MR) is 255 cm³/mol. The smallest absolute Gasteiger partial charge is 0.295 e. The van der Waals surface area contributed by atoms with Gasteiger partial charge in [-0.05, 0) is 110 Å². The van der Waals surface area contributed by atoms with Crippen LogP contribution in [-0.4, -0.2) is 15.0 Å². The fourth-order valence-corrected chi connectivity index (χ4v) is 11.1. The summed E-state index contributed by atoms with van der Waals surface area (Å²) in [6.07, 6.45) is 9.52. The maximum atomic E-state index is 3.68. The highest BCUT2D eigenvalue weighted by molar-refractivity contribution is 6.14. The number of nitrogens with zero attached hydrogens (tertiary/aromatic N) is 5. The first kappa shape index (κ1) is 39.2.